The number of rotatable bonds is 5. The van der Waals surface area contributed by atoms with Crippen LogP contribution in [-0.4, -0.2) is 45.2 Å². The summed E-state index contributed by atoms with van der Waals surface area (Å²) in [6.07, 6.45) is 1.77. The number of anilines is 2. The maximum Gasteiger partial charge on any atom is 0.0813 e. The third kappa shape index (κ3) is 4.75. The minimum Gasteiger partial charge on any atom is -0.377 e. The maximum atomic E-state index is 5.48. The lowest BCUT2D eigenvalue weighted by Crippen LogP contribution is -2.44. The molecule has 0 aromatic heterocycles. The SMILES string of the molecule is C=CNc1ccc(N2CCN(C)CC2)cc1C(C)OC.CC. The van der Waals surface area contributed by atoms with Gasteiger partial charge in [-0.05, 0) is 38.4 Å². The molecule has 124 valence electrons. The Morgan fingerprint density at radius 1 is 1.23 bits per heavy atom. The van der Waals surface area contributed by atoms with Gasteiger partial charge in [-0.2, -0.15) is 0 Å². The van der Waals surface area contributed by atoms with Crippen LogP contribution in [0.15, 0.2) is 31.0 Å². The second kappa shape index (κ2) is 9.49. The van der Waals surface area contributed by atoms with Crippen molar-refractivity contribution in [2.24, 2.45) is 0 Å². The number of ether oxygens (including phenoxy) is 1. The molecule has 0 bridgehead atoms. The van der Waals surface area contributed by atoms with Gasteiger partial charge < -0.3 is 19.9 Å². The van der Waals surface area contributed by atoms with E-state index in [1.165, 1.54) is 11.3 Å². The zero-order valence-electron chi connectivity index (χ0n) is 14.7. The van der Waals surface area contributed by atoms with E-state index < -0.39 is 0 Å². The van der Waals surface area contributed by atoms with E-state index >= 15 is 0 Å². The quantitative estimate of drug-likeness (QED) is 0.897. The van der Waals surface area contributed by atoms with E-state index in [0.717, 1.165) is 31.9 Å². The molecule has 1 aliphatic rings. The fourth-order valence-corrected chi connectivity index (χ4v) is 2.52. The van der Waals surface area contributed by atoms with Gasteiger partial charge in [0.2, 0.25) is 0 Å². The lowest BCUT2D eigenvalue weighted by molar-refractivity contribution is 0.120. The Labute approximate surface area is 135 Å². The summed E-state index contributed by atoms with van der Waals surface area (Å²) in [5, 5.41) is 3.19. The van der Waals surface area contributed by atoms with E-state index in [1.54, 1.807) is 13.3 Å². The van der Waals surface area contributed by atoms with Crippen molar-refractivity contribution in [1.82, 2.24) is 4.90 Å². The molecule has 1 aromatic rings. The highest BCUT2D eigenvalue weighted by Crippen LogP contribution is 2.30. The molecule has 0 amide bonds. The molecule has 1 atom stereocenters. The predicted molar refractivity (Wildman–Crippen MR) is 96.7 cm³/mol. The zero-order valence-corrected chi connectivity index (χ0v) is 14.7. The van der Waals surface area contributed by atoms with Crippen molar-refractivity contribution < 1.29 is 4.74 Å². The molecule has 1 N–H and O–H groups in total. The smallest absolute Gasteiger partial charge is 0.0813 e. The van der Waals surface area contributed by atoms with E-state index in [0.29, 0.717) is 0 Å². The van der Waals surface area contributed by atoms with Gasteiger partial charge in [0.25, 0.3) is 0 Å². The molecular formula is C18H31N3O. The molecule has 1 unspecified atom stereocenters. The predicted octanol–water partition coefficient (Wildman–Crippen LogP) is 3.73. The number of nitrogens with zero attached hydrogens (tertiary/aromatic N) is 2. The average Bonchev–Trinajstić information content (AvgIpc) is 2.57. The van der Waals surface area contributed by atoms with Crippen LogP contribution in [0, 0.1) is 0 Å². The first-order valence-corrected chi connectivity index (χ1v) is 8.13. The first-order chi connectivity index (χ1) is 10.7. The van der Waals surface area contributed by atoms with Gasteiger partial charge in [-0.25, -0.2) is 0 Å². The minimum absolute atomic E-state index is 0.0601. The number of likely N-dealkylation sites (N-methyl/N-ethyl adjacent to an activating group) is 1. The fraction of sp³-hybridized carbons (Fsp3) is 0.556. The Balaban J connectivity index is 0.00000116. The Kier molecular flexibility index (Phi) is 7.99. The summed E-state index contributed by atoms with van der Waals surface area (Å²) >= 11 is 0. The van der Waals surface area contributed by atoms with Crippen LogP contribution in [0.5, 0.6) is 0 Å². The fourth-order valence-electron chi connectivity index (χ4n) is 2.52. The second-order valence-corrected chi connectivity index (χ2v) is 5.29. The summed E-state index contributed by atoms with van der Waals surface area (Å²) in [6.45, 7) is 14.2. The van der Waals surface area contributed by atoms with E-state index in [4.69, 9.17) is 4.74 Å². The van der Waals surface area contributed by atoms with Gasteiger partial charge >= 0.3 is 0 Å². The number of hydrogen-bond donors (Lipinski definition) is 1. The molecule has 0 spiro atoms. The number of nitrogens with one attached hydrogen (secondary N) is 1. The standard InChI is InChI=1S/C16H25N3O.C2H6/c1-5-17-16-7-6-14(12-15(16)13(2)20-4)19-10-8-18(3)9-11-19;1-2/h5-7,12-13,17H,1,8-11H2,2-4H3;1-2H3. The topological polar surface area (TPSA) is 27.7 Å². The summed E-state index contributed by atoms with van der Waals surface area (Å²) in [7, 11) is 3.91. The van der Waals surface area contributed by atoms with Gasteiger partial charge in [0, 0.05) is 50.2 Å². The van der Waals surface area contributed by atoms with Gasteiger partial charge in [-0.3, -0.25) is 0 Å². The van der Waals surface area contributed by atoms with Crippen molar-refractivity contribution in [2.45, 2.75) is 26.9 Å². The molecule has 0 aliphatic carbocycles. The molecule has 22 heavy (non-hydrogen) atoms. The second-order valence-electron chi connectivity index (χ2n) is 5.29. The third-order valence-electron chi connectivity index (χ3n) is 3.95. The largest absolute Gasteiger partial charge is 0.377 e. The van der Waals surface area contributed by atoms with Crippen molar-refractivity contribution in [3.63, 3.8) is 0 Å². The van der Waals surface area contributed by atoms with E-state index in [9.17, 15) is 0 Å². The van der Waals surface area contributed by atoms with E-state index in [2.05, 4.69) is 53.9 Å². The lowest BCUT2D eigenvalue weighted by atomic mass is 10.1. The highest BCUT2D eigenvalue weighted by molar-refractivity contribution is 5.62. The molecular weight excluding hydrogens is 274 g/mol. The maximum absolute atomic E-state index is 5.48. The molecule has 1 aromatic carbocycles. The van der Waals surface area contributed by atoms with Crippen molar-refractivity contribution in [3.05, 3.63) is 36.5 Å². The molecule has 2 rings (SSSR count). The van der Waals surface area contributed by atoms with Crippen molar-refractivity contribution in [2.75, 3.05) is 50.6 Å². The molecule has 0 saturated carbocycles. The highest BCUT2D eigenvalue weighted by atomic mass is 16.5. The van der Waals surface area contributed by atoms with Crippen LogP contribution in [0.2, 0.25) is 0 Å². The van der Waals surface area contributed by atoms with Gasteiger partial charge in [0.15, 0.2) is 0 Å². The van der Waals surface area contributed by atoms with E-state index in [-0.39, 0.29) is 6.10 Å². The number of hydrogen-bond acceptors (Lipinski definition) is 4. The molecule has 1 fully saturated rings. The molecule has 1 heterocycles. The van der Waals surface area contributed by atoms with Crippen molar-refractivity contribution >= 4 is 11.4 Å². The normalized spacial score (nSPS) is 16.5. The van der Waals surface area contributed by atoms with Gasteiger partial charge in [-0.1, -0.05) is 20.4 Å². The molecule has 1 aliphatic heterocycles. The summed E-state index contributed by atoms with van der Waals surface area (Å²) in [4.78, 5) is 4.80. The van der Waals surface area contributed by atoms with E-state index in [1.807, 2.05) is 13.8 Å². The lowest BCUT2D eigenvalue weighted by Gasteiger charge is -2.34. The third-order valence-corrected chi connectivity index (χ3v) is 3.95. The first kappa shape index (κ1) is 18.5. The van der Waals surface area contributed by atoms with Crippen LogP contribution in [0.25, 0.3) is 0 Å². The Bertz CT molecular complexity index is 454. The van der Waals surface area contributed by atoms with Crippen LogP contribution in [0.3, 0.4) is 0 Å². The van der Waals surface area contributed by atoms with Crippen molar-refractivity contribution in [3.8, 4) is 0 Å². The van der Waals surface area contributed by atoms with Crippen LogP contribution in [0.4, 0.5) is 11.4 Å². The van der Waals surface area contributed by atoms with Crippen LogP contribution >= 0.6 is 0 Å². The summed E-state index contributed by atoms with van der Waals surface area (Å²) in [5.41, 5.74) is 3.50. The number of piperazine rings is 1. The Hall–Kier alpha value is -1.52. The molecule has 4 nitrogen and oxygen atoms in total. The van der Waals surface area contributed by atoms with Gasteiger partial charge in [-0.15, -0.1) is 0 Å². The summed E-state index contributed by atoms with van der Waals surface area (Å²) in [6, 6.07) is 6.51. The highest BCUT2D eigenvalue weighted by Gasteiger charge is 2.17. The Morgan fingerprint density at radius 2 is 1.86 bits per heavy atom. The van der Waals surface area contributed by atoms with Crippen LogP contribution in [-0.2, 0) is 4.74 Å². The summed E-state index contributed by atoms with van der Waals surface area (Å²) in [5.74, 6) is 0. The monoisotopic (exact) mass is 305 g/mol. The minimum atomic E-state index is 0.0601. The Morgan fingerprint density at radius 3 is 2.41 bits per heavy atom. The first-order valence-electron chi connectivity index (χ1n) is 8.13. The molecule has 1 saturated heterocycles. The number of benzene rings is 1. The number of methoxy groups -OCH3 is 1. The molecule has 0 radical (unpaired) electrons. The van der Waals surface area contributed by atoms with Crippen LogP contribution in [0.1, 0.15) is 32.4 Å². The zero-order chi connectivity index (χ0) is 16.5. The van der Waals surface area contributed by atoms with Gasteiger partial charge in [0.05, 0.1) is 6.10 Å². The molecule has 4 heteroatoms. The van der Waals surface area contributed by atoms with Crippen LogP contribution < -0.4 is 10.2 Å². The van der Waals surface area contributed by atoms with Crippen molar-refractivity contribution in [1.29, 1.82) is 0 Å². The average molecular weight is 305 g/mol. The summed E-state index contributed by atoms with van der Waals surface area (Å²) < 4.78 is 5.48. The van der Waals surface area contributed by atoms with Gasteiger partial charge in [0.1, 0.15) is 0 Å².